The third kappa shape index (κ3) is 5.81. The monoisotopic (exact) mass is 434 g/mol. The van der Waals surface area contributed by atoms with Crippen molar-refractivity contribution in [1.29, 1.82) is 0 Å². The SMILES string of the molecule is C[C@H](NC(=O)C1CCCC[C@@H]1c1ccc(COCc2cncs2)cc1)c1ccccc1. The first-order valence-electron chi connectivity index (χ1n) is 11.1. The minimum Gasteiger partial charge on any atom is -0.371 e. The number of carbonyl (C=O) groups excluding carboxylic acids is 1. The minimum atomic E-state index is 0.0225. The smallest absolute Gasteiger partial charge is 0.224 e. The molecular weight excluding hydrogens is 404 g/mol. The van der Waals surface area contributed by atoms with Gasteiger partial charge in [-0.05, 0) is 42.4 Å². The molecule has 1 fully saturated rings. The molecule has 5 heteroatoms. The molecule has 1 aliphatic carbocycles. The van der Waals surface area contributed by atoms with Crippen molar-refractivity contribution >= 4 is 17.2 Å². The number of nitrogens with one attached hydrogen (secondary N) is 1. The second-order valence-corrected chi connectivity index (χ2v) is 9.31. The Morgan fingerprint density at radius 2 is 1.87 bits per heavy atom. The average molecular weight is 435 g/mol. The van der Waals surface area contributed by atoms with Crippen LogP contribution in [0.5, 0.6) is 0 Å². The van der Waals surface area contributed by atoms with Crippen molar-refractivity contribution in [2.75, 3.05) is 0 Å². The van der Waals surface area contributed by atoms with E-state index < -0.39 is 0 Å². The van der Waals surface area contributed by atoms with Crippen molar-refractivity contribution in [3.63, 3.8) is 0 Å². The molecule has 4 nitrogen and oxygen atoms in total. The first kappa shape index (κ1) is 21.7. The minimum absolute atomic E-state index is 0.0225. The van der Waals surface area contributed by atoms with Crippen LogP contribution in [-0.2, 0) is 22.7 Å². The first-order chi connectivity index (χ1) is 15.2. The van der Waals surface area contributed by atoms with Gasteiger partial charge < -0.3 is 10.1 Å². The third-order valence-electron chi connectivity index (χ3n) is 6.17. The predicted molar refractivity (Wildman–Crippen MR) is 125 cm³/mol. The van der Waals surface area contributed by atoms with Crippen LogP contribution < -0.4 is 5.32 Å². The second-order valence-electron chi connectivity index (χ2n) is 8.34. The highest BCUT2D eigenvalue weighted by Crippen LogP contribution is 2.38. The van der Waals surface area contributed by atoms with Gasteiger partial charge >= 0.3 is 0 Å². The fourth-order valence-corrected chi connectivity index (χ4v) is 4.96. The highest BCUT2D eigenvalue weighted by Gasteiger charge is 2.32. The van der Waals surface area contributed by atoms with Gasteiger partial charge in [0.05, 0.1) is 29.6 Å². The molecule has 0 spiro atoms. The van der Waals surface area contributed by atoms with Crippen molar-refractivity contribution in [2.24, 2.45) is 5.92 Å². The van der Waals surface area contributed by atoms with Crippen LogP contribution in [0.15, 0.2) is 66.3 Å². The van der Waals surface area contributed by atoms with Crippen LogP contribution in [0.3, 0.4) is 0 Å². The molecule has 1 aromatic heterocycles. The number of aromatic nitrogens is 1. The van der Waals surface area contributed by atoms with E-state index in [-0.39, 0.29) is 23.8 Å². The zero-order valence-electron chi connectivity index (χ0n) is 18.0. The van der Waals surface area contributed by atoms with E-state index in [4.69, 9.17) is 4.74 Å². The van der Waals surface area contributed by atoms with Crippen LogP contribution >= 0.6 is 11.3 Å². The summed E-state index contributed by atoms with van der Waals surface area (Å²) in [7, 11) is 0. The molecule has 3 atom stereocenters. The number of rotatable bonds is 8. The summed E-state index contributed by atoms with van der Waals surface area (Å²) < 4.78 is 5.80. The van der Waals surface area contributed by atoms with E-state index in [0.29, 0.717) is 13.2 Å². The Labute approximate surface area is 188 Å². The molecule has 0 saturated heterocycles. The molecule has 0 bridgehead atoms. The molecule has 2 aromatic carbocycles. The highest BCUT2D eigenvalue weighted by molar-refractivity contribution is 7.09. The average Bonchev–Trinajstić information content (AvgIpc) is 3.34. The van der Waals surface area contributed by atoms with E-state index in [2.05, 4.69) is 53.6 Å². The number of thiazole rings is 1. The van der Waals surface area contributed by atoms with E-state index in [1.807, 2.05) is 29.9 Å². The number of ether oxygens (including phenoxy) is 1. The van der Waals surface area contributed by atoms with E-state index in [1.54, 1.807) is 11.3 Å². The Kier molecular flexibility index (Phi) is 7.49. The van der Waals surface area contributed by atoms with Crippen LogP contribution in [0.4, 0.5) is 0 Å². The molecule has 1 aliphatic rings. The fraction of sp³-hybridized carbons (Fsp3) is 0.385. The lowest BCUT2D eigenvalue weighted by atomic mass is 9.75. The lowest BCUT2D eigenvalue weighted by Crippen LogP contribution is -2.37. The number of carbonyl (C=O) groups is 1. The number of amides is 1. The molecule has 3 aromatic rings. The molecule has 4 rings (SSSR count). The Hall–Kier alpha value is -2.50. The predicted octanol–water partition coefficient (Wildman–Crippen LogP) is 6.01. The second kappa shape index (κ2) is 10.7. The van der Waals surface area contributed by atoms with Crippen molar-refractivity contribution in [3.05, 3.63) is 87.9 Å². The Morgan fingerprint density at radius 3 is 2.61 bits per heavy atom. The molecular formula is C26H30N2O2S. The van der Waals surface area contributed by atoms with Crippen LogP contribution in [0.2, 0.25) is 0 Å². The van der Waals surface area contributed by atoms with Crippen molar-refractivity contribution in [3.8, 4) is 0 Å². The summed E-state index contributed by atoms with van der Waals surface area (Å²) in [6, 6.07) is 18.8. The maximum Gasteiger partial charge on any atom is 0.224 e. The van der Waals surface area contributed by atoms with E-state index in [9.17, 15) is 4.79 Å². The summed E-state index contributed by atoms with van der Waals surface area (Å²) in [6.07, 6.45) is 6.18. The third-order valence-corrected chi connectivity index (χ3v) is 6.92. The number of nitrogens with zero attached hydrogens (tertiary/aromatic N) is 1. The van der Waals surface area contributed by atoms with Gasteiger partial charge in [-0.3, -0.25) is 9.78 Å². The largest absolute Gasteiger partial charge is 0.371 e. The zero-order valence-corrected chi connectivity index (χ0v) is 18.8. The summed E-state index contributed by atoms with van der Waals surface area (Å²) in [5.74, 6) is 0.496. The molecule has 1 heterocycles. The summed E-state index contributed by atoms with van der Waals surface area (Å²) in [5, 5.41) is 3.26. The van der Waals surface area contributed by atoms with Crippen LogP contribution in [0.25, 0.3) is 0 Å². The van der Waals surface area contributed by atoms with Gasteiger partial charge in [0.2, 0.25) is 5.91 Å². The van der Waals surface area contributed by atoms with Gasteiger partial charge in [0.25, 0.3) is 0 Å². The lowest BCUT2D eigenvalue weighted by Gasteiger charge is -2.32. The molecule has 1 unspecified atom stereocenters. The topological polar surface area (TPSA) is 51.2 Å². The van der Waals surface area contributed by atoms with Gasteiger partial charge in [-0.1, -0.05) is 67.4 Å². The number of hydrogen-bond acceptors (Lipinski definition) is 4. The first-order valence-corrected chi connectivity index (χ1v) is 12.0. The van der Waals surface area contributed by atoms with Gasteiger partial charge in [-0.15, -0.1) is 11.3 Å². The summed E-state index contributed by atoms with van der Waals surface area (Å²) >= 11 is 1.61. The van der Waals surface area contributed by atoms with Crippen LogP contribution in [0, 0.1) is 5.92 Å². The number of benzene rings is 2. The zero-order chi connectivity index (χ0) is 21.5. The molecule has 1 saturated carbocycles. The van der Waals surface area contributed by atoms with Gasteiger partial charge in [-0.2, -0.15) is 0 Å². The van der Waals surface area contributed by atoms with Gasteiger partial charge in [0, 0.05) is 12.1 Å². The highest BCUT2D eigenvalue weighted by atomic mass is 32.1. The van der Waals surface area contributed by atoms with E-state index in [1.165, 1.54) is 12.0 Å². The van der Waals surface area contributed by atoms with Crippen molar-refractivity contribution in [2.45, 2.75) is 57.8 Å². The van der Waals surface area contributed by atoms with Gasteiger partial charge in [-0.25, -0.2) is 0 Å². The standard InChI is InChI=1S/C26H30N2O2S/c1-19(21-7-3-2-4-8-21)28-26(29)25-10-6-5-9-24(25)22-13-11-20(12-14-22)16-30-17-23-15-27-18-31-23/h2-4,7-8,11-15,18-19,24-25H,5-6,9-10,16-17H2,1H3,(H,28,29)/t19-,24+,25?/m0/s1. The Balaban J connectivity index is 1.36. The quantitative estimate of drug-likeness (QED) is 0.472. The fourth-order valence-electron chi connectivity index (χ4n) is 4.43. The Bertz CT molecular complexity index is 941. The van der Waals surface area contributed by atoms with Crippen molar-refractivity contribution < 1.29 is 9.53 Å². The van der Waals surface area contributed by atoms with E-state index >= 15 is 0 Å². The molecule has 1 amide bonds. The maximum absolute atomic E-state index is 13.2. The summed E-state index contributed by atoms with van der Waals surface area (Å²) in [6.45, 7) is 3.24. The molecule has 0 radical (unpaired) electrons. The lowest BCUT2D eigenvalue weighted by molar-refractivity contribution is -0.127. The van der Waals surface area contributed by atoms with Gasteiger partial charge in [0.1, 0.15) is 0 Å². The summed E-state index contributed by atoms with van der Waals surface area (Å²) in [5.41, 5.74) is 5.39. The van der Waals surface area contributed by atoms with Crippen LogP contribution in [-0.4, -0.2) is 10.9 Å². The molecule has 31 heavy (non-hydrogen) atoms. The molecule has 1 N–H and O–H groups in total. The summed E-state index contributed by atoms with van der Waals surface area (Å²) in [4.78, 5) is 18.4. The Morgan fingerprint density at radius 1 is 1.10 bits per heavy atom. The van der Waals surface area contributed by atoms with E-state index in [0.717, 1.165) is 35.3 Å². The number of hydrogen-bond donors (Lipinski definition) is 1. The van der Waals surface area contributed by atoms with Gasteiger partial charge in [0.15, 0.2) is 0 Å². The maximum atomic E-state index is 13.2. The van der Waals surface area contributed by atoms with Crippen LogP contribution in [0.1, 0.15) is 66.1 Å². The molecule has 0 aliphatic heterocycles. The van der Waals surface area contributed by atoms with Crippen molar-refractivity contribution in [1.82, 2.24) is 10.3 Å². The molecule has 162 valence electrons. The normalized spacial score (nSPS) is 19.6.